The molecule has 25 heavy (non-hydrogen) atoms. The summed E-state index contributed by atoms with van der Waals surface area (Å²) in [7, 11) is 1.22. The van der Waals surface area contributed by atoms with E-state index in [9.17, 15) is 14.4 Å². The van der Waals surface area contributed by atoms with Gasteiger partial charge in [0.1, 0.15) is 5.56 Å². The third-order valence-corrected chi connectivity index (χ3v) is 5.01. The fourth-order valence-electron chi connectivity index (χ4n) is 2.91. The van der Waals surface area contributed by atoms with Crippen LogP contribution in [0, 0.1) is 6.92 Å². The lowest BCUT2D eigenvalue weighted by atomic mass is 10.0. The molecule has 1 saturated carbocycles. The molecule has 1 heterocycles. The Kier molecular flexibility index (Phi) is 4.90. The standard InChI is InChI=1S/C19H18BrNO4/c1-11-15(16(22)9-20)10-21(18(23)17(11)19(24)25-2)14-7-5-13(6-8-14)12-3-4-12/h5-8,10,12H,3-4,9H2,1-2H3. The van der Waals surface area contributed by atoms with E-state index in [1.54, 1.807) is 6.92 Å². The van der Waals surface area contributed by atoms with Crippen LogP contribution in [-0.4, -0.2) is 28.8 Å². The second-order valence-corrected chi connectivity index (χ2v) is 6.69. The molecule has 0 radical (unpaired) electrons. The first-order valence-corrected chi connectivity index (χ1v) is 9.14. The molecule has 6 heteroatoms. The minimum atomic E-state index is -0.741. The molecular formula is C19H18BrNO4. The number of rotatable bonds is 5. The molecule has 1 aromatic carbocycles. The van der Waals surface area contributed by atoms with Crippen molar-refractivity contribution < 1.29 is 14.3 Å². The van der Waals surface area contributed by atoms with E-state index in [1.807, 2.05) is 24.3 Å². The van der Waals surface area contributed by atoms with Gasteiger partial charge in [0.05, 0.1) is 12.4 Å². The summed E-state index contributed by atoms with van der Waals surface area (Å²) in [5.41, 5.74) is 1.92. The Morgan fingerprint density at radius 3 is 2.40 bits per heavy atom. The van der Waals surface area contributed by atoms with Gasteiger partial charge in [0.2, 0.25) is 0 Å². The van der Waals surface area contributed by atoms with Crippen LogP contribution in [-0.2, 0) is 4.74 Å². The maximum absolute atomic E-state index is 12.8. The van der Waals surface area contributed by atoms with Crippen molar-refractivity contribution in [1.82, 2.24) is 4.57 Å². The summed E-state index contributed by atoms with van der Waals surface area (Å²) in [5.74, 6) is -0.332. The van der Waals surface area contributed by atoms with Crippen LogP contribution in [0.3, 0.4) is 0 Å². The van der Waals surface area contributed by atoms with E-state index in [4.69, 9.17) is 4.74 Å². The van der Waals surface area contributed by atoms with Gasteiger partial charge in [0, 0.05) is 17.4 Å². The lowest BCUT2D eigenvalue weighted by Gasteiger charge is -2.14. The minimum absolute atomic E-state index is 0.104. The first-order chi connectivity index (χ1) is 12.0. The van der Waals surface area contributed by atoms with Crippen molar-refractivity contribution in [3.05, 3.63) is 63.1 Å². The van der Waals surface area contributed by atoms with E-state index in [-0.39, 0.29) is 16.7 Å². The Hall–Kier alpha value is -2.21. The molecule has 1 aliphatic carbocycles. The number of hydrogen-bond donors (Lipinski definition) is 0. The largest absolute Gasteiger partial charge is 0.465 e. The molecule has 0 bridgehead atoms. The molecule has 5 nitrogen and oxygen atoms in total. The van der Waals surface area contributed by atoms with E-state index in [1.165, 1.54) is 36.3 Å². The van der Waals surface area contributed by atoms with E-state index >= 15 is 0 Å². The van der Waals surface area contributed by atoms with Gasteiger partial charge < -0.3 is 4.74 Å². The molecule has 0 unspecified atom stereocenters. The number of benzene rings is 1. The number of hydrogen-bond acceptors (Lipinski definition) is 4. The molecule has 0 amide bonds. The number of methoxy groups -OCH3 is 1. The Morgan fingerprint density at radius 2 is 1.88 bits per heavy atom. The van der Waals surface area contributed by atoms with E-state index in [0.717, 1.165) is 0 Å². The molecular weight excluding hydrogens is 386 g/mol. The molecule has 0 aliphatic heterocycles. The number of esters is 1. The highest BCUT2D eigenvalue weighted by atomic mass is 79.9. The van der Waals surface area contributed by atoms with Crippen LogP contribution in [0.2, 0.25) is 0 Å². The van der Waals surface area contributed by atoms with Crippen molar-refractivity contribution in [3.63, 3.8) is 0 Å². The molecule has 2 aromatic rings. The highest BCUT2D eigenvalue weighted by Gasteiger charge is 2.25. The van der Waals surface area contributed by atoms with Crippen molar-refractivity contribution in [3.8, 4) is 5.69 Å². The molecule has 3 rings (SSSR count). The molecule has 0 atom stereocenters. The molecule has 1 fully saturated rings. The molecule has 0 saturated heterocycles. The smallest absolute Gasteiger partial charge is 0.343 e. The number of pyridine rings is 1. The second kappa shape index (κ2) is 6.96. The van der Waals surface area contributed by atoms with Gasteiger partial charge in [-0.15, -0.1) is 0 Å². The van der Waals surface area contributed by atoms with Crippen molar-refractivity contribution in [2.24, 2.45) is 0 Å². The summed E-state index contributed by atoms with van der Waals surface area (Å²) in [5, 5.41) is 0.104. The zero-order valence-electron chi connectivity index (χ0n) is 14.0. The first-order valence-electron chi connectivity index (χ1n) is 8.02. The van der Waals surface area contributed by atoms with Gasteiger partial charge in [0.25, 0.3) is 5.56 Å². The van der Waals surface area contributed by atoms with Gasteiger partial charge in [-0.25, -0.2) is 4.79 Å². The molecule has 0 spiro atoms. The van der Waals surface area contributed by atoms with E-state index in [0.29, 0.717) is 22.7 Å². The number of alkyl halides is 1. The predicted octanol–water partition coefficient (Wildman–Crippen LogP) is 3.39. The van der Waals surface area contributed by atoms with Crippen molar-refractivity contribution >= 4 is 27.7 Å². The average molecular weight is 404 g/mol. The van der Waals surface area contributed by atoms with Crippen molar-refractivity contribution in [2.75, 3.05) is 12.4 Å². The Balaban J connectivity index is 2.19. The highest BCUT2D eigenvalue weighted by Crippen LogP contribution is 2.40. The molecule has 1 aliphatic rings. The van der Waals surface area contributed by atoms with Crippen LogP contribution >= 0.6 is 15.9 Å². The Bertz CT molecular complexity index is 895. The maximum Gasteiger partial charge on any atom is 0.343 e. The SMILES string of the molecule is COC(=O)c1c(C)c(C(=O)CBr)cn(-c2ccc(C3CC3)cc2)c1=O. The molecule has 1 aromatic heterocycles. The summed E-state index contributed by atoms with van der Waals surface area (Å²) in [6.07, 6.45) is 3.89. The van der Waals surface area contributed by atoms with Crippen LogP contribution in [0.15, 0.2) is 35.3 Å². The van der Waals surface area contributed by atoms with Gasteiger partial charge in [-0.05, 0) is 48.9 Å². The number of nitrogens with zero attached hydrogens (tertiary/aromatic N) is 1. The molecule has 0 N–H and O–H groups in total. The van der Waals surface area contributed by atoms with E-state index in [2.05, 4.69) is 15.9 Å². The lowest BCUT2D eigenvalue weighted by Crippen LogP contribution is -2.29. The zero-order valence-corrected chi connectivity index (χ0v) is 15.6. The number of ether oxygens (including phenoxy) is 1. The van der Waals surface area contributed by atoms with Gasteiger partial charge in [-0.1, -0.05) is 28.1 Å². The highest BCUT2D eigenvalue weighted by molar-refractivity contribution is 9.09. The fraction of sp³-hybridized carbons (Fsp3) is 0.316. The lowest BCUT2D eigenvalue weighted by molar-refractivity contribution is 0.0597. The van der Waals surface area contributed by atoms with Crippen molar-refractivity contribution in [2.45, 2.75) is 25.7 Å². The normalized spacial score (nSPS) is 13.6. The first kappa shape index (κ1) is 17.6. The van der Waals surface area contributed by atoms with Gasteiger partial charge in [-0.3, -0.25) is 14.2 Å². The number of Topliss-reactive ketones (excluding diaryl/α,β-unsaturated/α-hetero) is 1. The average Bonchev–Trinajstić information content (AvgIpc) is 3.46. The minimum Gasteiger partial charge on any atom is -0.465 e. The number of carbonyl (C=O) groups excluding carboxylic acids is 2. The summed E-state index contributed by atoms with van der Waals surface area (Å²) in [4.78, 5) is 37.1. The number of aromatic nitrogens is 1. The van der Waals surface area contributed by atoms with E-state index < -0.39 is 11.5 Å². The Labute approximate surface area is 153 Å². The summed E-state index contributed by atoms with van der Waals surface area (Å²) < 4.78 is 6.08. The Morgan fingerprint density at radius 1 is 1.24 bits per heavy atom. The van der Waals surface area contributed by atoms with Crippen LogP contribution in [0.1, 0.15) is 50.6 Å². The monoisotopic (exact) mass is 403 g/mol. The fourth-order valence-corrected chi connectivity index (χ4v) is 3.21. The maximum atomic E-state index is 12.8. The molecule has 130 valence electrons. The van der Waals surface area contributed by atoms with Crippen LogP contribution in [0.4, 0.5) is 0 Å². The van der Waals surface area contributed by atoms with Gasteiger partial charge in [0.15, 0.2) is 5.78 Å². The third-order valence-electron chi connectivity index (χ3n) is 4.50. The van der Waals surface area contributed by atoms with Crippen LogP contribution < -0.4 is 5.56 Å². The topological polar surface area (TPSA) is 65.4 Å². The third kappa shape index (κ3) is 3.31. The second-order valence-electron chi connectivity index (χ2n) is 6.13. The predicted molar refractivity (Wildman–Crippen MR) is 98.2 cm³/mol. The summed E-state index contributed by atoms with van der Waals surface area (Å²) in [6, 6.07) is 7.66. The number of ketones is 1. The van der Waals surface area contributed by atoms with Gasteiger partial charge >= 0.3 is 5.97 Å². The van der Waals surface area contributed by atoms with Crippen molar-refractivity contribution in [1.29, 1.82) is 0 Å². The number of halogens is 1. The van der Waals surface area contributed by atoms with Gasteiger partial charge in [-0.2, -0.15) is 0 Å². The summed E-state index contributed by atoms with van der Waals surface area (Å²) in [6.45, 7) is 1.59. The number of carbonyl (C=O) groups is 2. The van der Waals surface area contributed by atoms with Crippen LogP contribution in [0.25, 0.3) is 5.69 Å². The van der Waals surface area contributed by atoms with Crippen LogP contribution in [0.5, 0.6) is 0 Å². The zero-order chi connectivity index (χ0) is 18.1. The summed E-state index contributed by atoms with van der Waals surface area (Å²) >= 11 is 3.14. The quantitative estimate of drug-likeness (QED) is 0.436.